The molecule has 0 heterocycles. The van der Waals surface area contributed by atoms with Gasteiger partial charge in [-0.05, 0) is 37.3 Å². The Morgan fingerprint density at radius 2 is 2.20 bits per heavy atom. The second kappa shape index (κ2) is 5.64. The molecule has 2 rings (SSSR count). The fourth-order valence-electron chi connectivity index (χ4n) is 2.20. The molecular weight excluding hydrogens is 294 g/mol. The summed E-state index contributed by atoms with van der Waals surface area (Å²) in [6.07, 6.45) is 5.17. The smallest absolute Gasteiger partial charge is 0.241 e. The Morgan fingerprint density at radius 1 is 1.50 bits per heavy atom. The molecule has 0 aromatic heterocycles. The van der Waals surface area contributed by atoms with E-state index in [0.717, 1.165) is 19.3 Å². The summed E-state index contributed by atoms with van der Waals surface area (Å²) in [7, 11) is -3.68. The number of hydrogen-bond donors (Lipinski definition) is 2. The number of rotatable bonds is 5. The van der Waals surface area contributed by atoms with Crippen LogP contribution in [0.25, 0.3) is 0 Å². The number of nitriles is 1. The quantitative estimate of drug-likeness (QED) is 0.807. The molecule has 0 saturated heterocycles. The molecule has 1 fully saturated rings. The summed E-state index contributed by atoms with van der Waals surface area (Å²) in [6.45, 7) is 0.395. The molecule has 1 aromatic carbocycles. The minimum atomic E-state index is -3.68. The van der Waals surface area contributed by atoms with E-state index in [4.69, 9.17) is 11.0 Å². The van der Waals surface area contributed by atoms with Crippen molar-refractivity contribution in [3.05, 3.63) is 23.8 Å². The van der Waals surface area contributed by atoms with Gasteiger partial charge in [-0.2, -0.15) is 17.0 Å². The summed E-state index contributed by atoms with van der Waals surface area (Å²) in [4.78, 5) is -0.00947. The Bertz CT molecular complexity index is 641. The SMILES string of the molecule is CSC1(CNS(=O)(=O)c2ccc(N)cc2C#N)CCC1. The first-order valence-corrected chi connectivity index (χ1v) is 8.98. The van der Waals surface area contributed by atoms with E-state index in [1.54, 1.807) is 11.8 Å². The summed E-state index contributed by atoms with van der Waals surface area (Å²) in [5.74, 6) is 0. The summed E-state index contributed by atoms with van der Waals surface area (Å²) < 4.78 is 27.3. The minimum absolute atomic E-state index is 0.00762. The van der Waals surface area contributed by atoms with Crippen LogP contribution in [-0.4, -0.2) is 26.0 Å². The first kappa shape index (κ1) is 15.2. The van der Waals surface area contributed by atoms with Gasteiger partial charge in [-0.1, -0.05) is 6.42 Å². The van der Waals surface area contributed by atoms with Crippen LogP contribution in [0.2, 0.25) is 0 Å². The third-order valence-corrected chi connectivity index (χ3v) is 6.57. The van der Waals surface area contributed by atoms with Crippen LogP contribution >= 0.6 is 11.8 Å². The van der Waals surface area contributed by atoms with Gasteiger partial charge in [-0.3, -0.25) is 0 Å². The summed E-state index contributed by atoms with van der Waals surface area (Å²) in [5.41, 5.74) is 6.02. The molecule has 1 aliphatic rings. The Balaban J connectivity index is 2.21. The number of nitrogens with zero attached hydrogens (tertiary/aromatic N) is 1. The highest BCUT2D eigenvalue weighted by molar-refractivity contribution is 8.00. The van der Waals surface area contributed by atoms with Crippen LogP contribution in [-0.2, 0) is 10.0 Å². The lowest BCUT2D eigenvalue weighted by molar-refractivity contribution is 0.362. The third kappa shape index (κ3) is 2.92. The highest BCUT2D eigenvalue weighted by Crippen LogP contribution is 2.42. The van der Waals surface area contributed by atoms with Crippen molar-refractivity contribution in [1.82, 2.24) is 4.72 Å². The second-order valence-corrected chi connectivity index (χ2v) is 7.94. The minimum Gasteiger partial charge on any atom is -0.399 e. The van der Waals surface area contributed by atoms with E-state index in [2.05, 4.69) is 4.72 Å². The van der Waals surface area contributed by atoms with Gasteiger partial charge in [0.15, 0.2) is 0 Å². The molecule has 0 unspecified atom stereocenters. The highest BCUT2D eigenvalue weighted by Gasteiger charge is 2.37. The molecule has 7 heteroatoms. The standard InChI is InChI=1S/C13H17N3O2S2/c1-19-13(5-2-6-13)9-16-20(17,18)12-4-3-11(15)7-10(12)8-14/h3-4,7,16H,2,5-6,9,15H2,1H3. The number of nitrogens with two attached hydrogens (primary N) is 1. The summed E-state index contributed by atoms with van der Waals surface area (Å²) >= 11 is 1.70. The van der Waals surface area contributed by atoms with Crippen molar-refractivity contribution in [3.63, 3.8) is 0 Å². The average molecular weight is 311 g/mol. The molecule has 0 bridgehead atoms. The molecule has 0 radical (unpaired) electrons. The third-order valence-electron chi connectivity index (χ3n) is 3.70. The fourth-order valence-corrected chi connectivity index (χ4v) is 4.47. The maximum absolute atomic E-state index is 12.3. The normalized spacial score (nSPS) is 17.2. The zero-order valence-electron chi connectivity index (χ0n) is 11.2. The van der Waals surface area contributed by atoms with Gasteiger partial charge in [0.1, 0.15) is 6.07 Å². The molecule has 0 spiro atoms. The van der Waals surface area contributed by atoms with Gasteiger partial charge in [0.25, 0.3) is 0 Å². The zero-order chi connectivity index (χ0) is 14.8. The summed E-state index contributed by atoms with van der Waals surface area (Å²) in [5, 5.41) is 9.04. The number of nitrogens with one attached hydrogen (secondary N) is 1. The van der Waals surface area contributed by atoms with Crippen molar-refractivity contribution in [2.24, 2.45) is 0 Å². The number of hydrogen-bond acceptors (Lipinski definition) is 5. The van der Waals surface area contributed by atoms with E-state index in [1.165, 1.54) is 18.2 Å². The molecule has 1 aromatic rings. The van der Waals surface area contributed by atoms with Gasteiger partial charge in [0.2, 0.25) is 10.0 Å². The van der Waals surface area contributed by atoms with E-state index in [0.29, 0.717) is 12.2 Å². The number of anilines is 1. The van der Waals surface area contributed by atoms with Crippen LogP contribution in [0.15, 0.2) is 23.1 Å². The van der Waals surface area contributed by atoms with E-state index in [1.807, 2.05) is 12.3 Å². The fraction of sp³-hybridized carbons (Fsp3) is 0.462. The van der Waals surface area contributed by atoms with Crippen LogP contribution in [0.5, 0.6) is 0 Å². The molecule has 3 N–H and O–H groups in total. The maximum atomic E-state index is 12.3. The lowest BCUT2D eigenvalue weighted by Gasteiger charge is -2.40. The first-order valence-electron chi connectivity index (χ1n) is 6.27. The predicted molar refractivity (Wildman–Crippen MR) is 80.9 cm³/mol. The van der Waals surface area contributed by atoms with Crippen molar-refractivity contribution in [1.29, 1.82) is 5.26 Å². The molecule has 1 saturated carbocycles. The van der Waals surface area contributed by atoms with Crippen molar-refractivity contribution in [2.75, 3.05) is 18.5 Å². The number of benzene rings is 1. The number of thioether (sulfide) groups is 1. The van der Waals surface area contributed by atoms with Crippen LogP contribution in [0.4, 0.5) is 5.69 Å². The first-order chi connectivity index (χ1) is 9.42. The van der Waals surface area contributed by atoms with Gasteiger partial charge in [-0.15, -0.1) is 0 Å². The van der Waals surface area contributed by atoms with Crippen molar-refractivity contribution in [3.8, 4) is 6.07 Å². The van der Waals surface area contributed by atoms with E-state index in [-0.39, 0.29) is 15.2 Å². The zero-order valence-corrected chi connectivity index (χ0v) is 12.9. The largest absolute Gasteiger partial charge is 0.399 e. The molecule has 20 heavy (non-hydrogen) atoms. The van der Waals surface area contributed by atoms with E-state index < -0.39 is 10.0 Å². The van der Waals surface area contributed by atoms with E-state index in [9.17, 15) is 8.42 Å². The van der Waals surface area contributed by atoms with Gasteiger partial charge in [-0.25, -0.2) is 13.1 Å². The molecule has 108 valence electrons. The molecule has 0 atom stereocenters. The van der Waals surface area contributed by atoms with Gasteiger partial charge < -0.3 is 5.73 Å². The molecule has 0 aliphatic heterocycles. The Hall–Kier alpha value is -1.23. The monoisotopic (exact) mass is 311 g/mol. The molecule has 0 amide bonds. The van der Waals surface area contributed by atoms with Gasteiger partial charge in [0.05, 0.1) is 10.5 Å². The Labute approximate surface area is 123 Å². The van der Waals surface area contributed by atoms with Crippen LogP contribution in [0.3, 0.4) is 0 Å². The van der Waals surface area contributed by atoms with Crippen molar-refractivity contribution in [2.45, 2.75) is 28.9 Å². The predicted octanol–water partition coefficient (Wildman–Crippen LogP) is 1.70. The van der Waals surface area contributed by atoms with Crippen LogP contribution in [0.1, 0.15) is 24.8 Å². The topological polar surface area (TPSA) is 96.0 Å². The lowest BCUT2D eigenvalue weighted by Crippen LogP contribution is -2.45. The molecule has 1 aliphatic carbocycles. The van der Waals surface area contributed by atoms with Crippen molar-refractivity contribution >= 4 is 27.5 Å². The highest BCUT2D eigenvalue weighted by atomic mass is 32.2. The van der Waals surface area contributed by atoms with E-state index >= 15 is 0 Å². The van der Waals surface area contributed by atoms with Gasteiger partial charge in [0, 0.05) is 17.0 Å². The number of sulfonamides is 1. The molecule has 5 nitrogen and oxygen atoms in total. The Kier molecular flexibility index (Phi) is 4.28. The Morgan fingerprint density at radius 3 is 2.70 bits per heavy atom. The van der Waals surface area contributed by atoms with Gasteiger partial charge >= 0.3 is 0 Å². The van der Waals surface area contributed by atoms with Crippen molar-refractivity contribution < 1.29 is 8.42 Å². The van der Waals surface area contributed by atoms with Crippen LogP contribution < -0.4 is 10.5 Å². The average Bonchev–Trinajstić information content (AvgIpc) is 2.37. The summed E-state index contributed by atoms with van der Waals surface area (Å²) in [6, 6.07) is 6.12. The lowest BCUT2D eigenvalue weighted by atomic mass is 9.84. The van der Waals surface area contributed by atoms with Crippen LogP contribution in [0, 0.1) is 11.3 Å². The maximum Gasteiger partial charge on any atom is 0.241 e. The second-order valence-electron chi connectivity index (χ2n) is 4.93. The number of nitrogen functional groups attached to an aromatic ring is 1. The molecular formula is C13H17N3O2S2.